The number of nitro benzene ring substituents is 1. The molecule has 1 heterocycles. The van der Waals surface area contributed by atoms with Crippen LogP contribution in [0.3, 0.4) is 0 Å². The third-order valence-corrected chi connectivity index (χ3v) is 5.48. The molecule has 0 unspecified atom stereocenters. The molecule has 2 rings (SSSR count). The highest BCUT2D eigenvalue weighted by molar-refractivity contribution is 5.77. The number of hydrogen-bond donors (Lipinski definition) is 3. The van der Waals surface area contributed by atoms with Gasteiger partial charge in [0.25, 0.3) is 0 Å². The van der Waals surface area contributed by atoms with Crippen LogP contribution in [-0.2, 0) is 28.7 Å². The standard InChI is InChI=1S/C21H23NO13/c1-10(24)33-9-17-13(6-19(27)28)12(5-18(25)26)14(7-20(29)30)21(35-17)34-16-3-2-11(8-23)4-15(16)22(31)32/h2-4,8,12-14,17,21H,5-7,9H2,1H3,(H,25,26)(H,27,28)(H,29,30)/t12-,13-,14+,17-,21+/m0/s1. The summed E-state index contributed by atoms with van der Waals surface area (Å²) in [6, 6.07) is 3.23. The first-order chi connectivity index (χ1) is 16.4. The molecule has 1 aliphatic rings. The van der Waals surface area contributed by atoms with E-state index in [2.05, 4.69) is 0 Å². The van der Waals surface area contributed by atoms with Crippen LogP contribution < -0.4 is 4.74 Å². The minimum Gasteiger partial charge on any atom is -0.481 e. The van der Waals surface area contributed by atoms with Crippen LogP contribution in [0.5, 0.6) is 5.75 Å². The number of ether oxygens (including phenoxy) is 3. The summed E-state index contributed by atoms with van der Waals surface area (Å²) in [6.45, 7) is 0.595. The van der Waals surface area contributed by atoms with Gasteiger partial charge in [-0.15, -0.1) is 0 Å². The van der Waals surface area contributed by atoms with Crippen LogP contribution in [-0.4, -0.2) is 69.4 Å². The fourth-order valence-electron chi connectivity index (χ4n) is 4.06. The zero-order valence-corrected chi connectivity index (χ0v) is 18.4. The highest BCUT2D eigenvalue weighted by Gasteiger charge is 2.49. The predicted molar refractivity (Wildman–Crippen MR) is 112 cm³/mol. The van der Waals surface area contributed by atoms with Gasteiger partial charge in [0.1, 0.15) is 12.9 Å². The fourth-order valence-corrected chi connectivity index (χ4v) is 4.06. The number of esters is 1. The van der Waals surface area contributed by atoms with E-state index < -0.39 is 96.3 Å². The molecule has 1 aromatic rings. The summed E-state index contributed by atoms with van der Waals surface area (Å²) >= 11 is 0. The quantitative estimate of drug-likeness (QED) is 0.161. The monoisotopic (exact) mass is 497 g/mol. The molecule has 1 saturated heterocycles. The van der Waals surface area contributed by atoms with Gasteiger partial charge in [-0.2, -0.15) is 0 Å². The molecule has 14 heteroatoms. The molecular formula is C21H23NO13. The maximum Gasteiger partial charge on any atom is 0.311 e. The molecule has 1 aromatic carbocycles. The minimum absolute atomic E-state index is 0.0336. The van der Waals surface area contributed by atoms with Crippen molar-refractivity contribution in [1.29, 1.82) is 0 Å². The topological polar surface area (TPSA) is 217 Å². The van der Waals surface area contributed by atoms with E-state index in [0.29, 0.717) is 6.29 Å². The normalized spacial score (nSPS) is 23.6. The predicted octanol–water partition coefficient (Wildman–Crippen LogP) is 1.35. The number of nitro groups is 1. The van der Waals surface area contributed by atoms with Gasteiger partial charge in [-0.05, 0) is 18.1 Å². The lowest BCUT2D eigenvalue weighted by atomic mass is 9.71. The lowest BCUT2D eigenvalue weighted by Gasteiger charge is -2.45. The number of rotatable bonds is 12. The van der Waals surface area contributed by atoms with Gasteiger partial charge in [0, 0.05) is 36.8 Å². The number of hydrogen-bond acceptors (Lipinski definition) is 10. The largest absolute Gasteiger partial charge is 0.481 e. The first kappa shape index (κ1) is 27.2. The molecule has 5 atom stereocenters. The number of nitrogens with zero attached hydrogens (tertiary/aromatic N) is 1. The SMILES string of the molecule is CC(=O)OC[C@@H]1O[C@@H](Oc2ccc(C=O)cc2[N+](=O)[O-])[C@H](CC(=O)O)[C@@H](CC(=O)O)[C@@H]1CC(=O)O. The molecule has 0 saturated carbocycles. The second-order valence-corrected chi connectivity index (χ2v) is 7.85. The van der Waals surface area contributed by atoms with Crippen molar-refractivity contribution in [2.24, 2.45) is 17.8 Å². The van der Waals surface area contributed by atoms with E-state index in [9.17, 15) is 49.4 Å². The molecular weight excluding hydrogens is 474 g/mol. The number of carbonyl (C=O) groups excluding carboxylic acids is 2. The Balaban J connectivity index is 2.55. The number of benzene rings is 1. The zero-order chi connectivity index (χ0) is 26.3. The Bertz CT molecular complexity index is 1010. The molecule has 190 valence electrons. The summed E-state index contributed by atoms with van der Waals surface area (Å²) in [5, 5.41) is 39.7. The molecule has 0 aromatic heterocycles. The van der Waals surface area contributed by atoms with Crippen molar-refractivity contribution in [1.82, 2.24) is 0 Å². The Hall–Kier alpha value is -4.07. The highest BCUT2D eigenvalue weighted by Crippen LogP contribution is 2.43. The number of aldehydes is 1. The molecule has 3 N–H and O–H groups in total. The first-order valence-corrected chi connectivity index (χ1v) is 10.3. The Kier molecular flexibility index (Phi) is 9.22. The van der Waals surface area contributed by atoms with Gasteiger partial charge < -0.3 is 29.5 Å². The van der Waals surface area contributed by atoms with Crippen LogP contribution in [0.1, 0.15) is 36.5 Å². The van der Waals surface area contributed by atoms with Gasteiger partial charge in [0.15, 0.2) is 5.75 Å². The number of carbonyl (C=O) groups is 5. The second-order valence-electron chi connectivity index (χ2n) is 7.85. The average molecular weight is 497 g/mol. The van der Waals surface area contributed by atoms with Crippen LogP contribution in [0.4, 0.5) is 5.69 Å². The van der Waals surface area contributed by atoms with Gasteiger partial charge in [0.2, 0.25) is 6.29 Å². The third-order valence-electron chi connectivity index (χ3n) is 5.48. The lowest BCUT2D eigenvalue weighted by Crippen LogP contribution is -2.53. The van der Waals surface area contributed by atoms with Crippen LogP contribution >= 0.6 is 0 Å². The van der Waals surface area contributed by atoms with Gasteiger partial charge in [-0.3, -0.25) is 34.1 Å². The van der Waals surface area contributed by atoms with Crippen molar-refractivity contribution in [2.75, 3.05) is 6.61 Å². The van der Waals surface area contributed by atoms with E-state index >= 15 is 0 Å². The molecule has 14 nitrogen and oxygen atoms in total. The molecule has 0 aliphatic carbocycles. The first-order valence-electron chi connectivity index (χ1n) is 10.3. The maximum atomic E-state index is 11.6. The fraction of sp³-hybridized carbons (Fsp3) is 0.476. The third kappa shape index (κ3) is 7.46. The minimum atomic E-state index is -1.58. The van der Waals surface area contributed by atoms with Crippen LogP contribution in [0, 0.1) is 27.9 Å². The van der Waals surface area contributed by atoms with E-state index in [1.54, 1.807) is 0 Å². The van der Waals surface area contributed by atoms with Gasteiger partial charge in [-0.25, -0.2) is 0 Å². The van der Waals surface area contributed by atoms with Crippen molar-refractivity contribution in [3.63, 3.8) is 0 Å². The molecule has 0 bridgehead atoms. The lowest BCUT2D eigenvalue weighted by molar-refractivity contribution is -0.386. The van der Waals surface area contributed by atoms with Gasteiger partial charge in [0.05, 0.1) is 23.9 Å². The van der Waals surface area contributed by atoms with Crippen LogP contribution in [0.2, 0.25) is 0 Å². The molecule has 1 fully saturated rings. The Morgan fingerprint density at radius 3 is 2.11 bits per heavy atom. The van der Waals surface area contributed by atoms with Gasteiger partial charge >= 0.3 is 29.6 Å². The molecule has 0 spiro atoms. The van der Waals surface area contributed by atoms with Crippen molar-refractivity contribution in [2.45, 2.75) is 38.6 Å². The number of carboxylic acids is 3. The van der Waals surface area contributed by atoms with E-state index in [4.69, 9.17) is 14.2 Å². The summed E-state index contributed by atoms with van der Waals surface area (Å²) < 4.78 is 16.3. The summed E-state index contributed by atoms with van der Waals surface area (Å²) in [7, 11) is 0. The number of carboxylic acid groups (broad SMARTS) is 3. The summed E-state index contributed by atoms with van der Waals surface area (Å²) in [6.07, 6.45) is -4.43. The van der Waals surface area contributed by atoms with Crippen LogP contribution in [0.15, 0.2) is 18.2 Å². The second kappa shape index (κ2) is 11.9. The average Bonchev–Trinajstić information content (AvgIpc) is 2.75. The summed E-state index contributed by atoms with van der Waals surface area (Å²) in [5.41, 5.74) is -0.667. The van der Waals surface area contributed by atoms with E-state index in [1.807, 2.05) is 0 Å². The molecule has 35 heavy (non-hydrogen) atoms. The summed E-state index contributed by atoms with van der Waals surface area (Å²) in [4.78, 5) is 67.7. The number of aliphatic carboxylic acids is 3. The van der Waals surface area contributed by atoms with E-state index in [-0.39, 0.29) is 5.56 Å². The molecule has 0 amide bonds. The smallest absolute Gasteiger partial charge is 0.311 e. The Labute approximate surface area is 197 Å². The summed E-state index contributed by atoms with van der Waals surface area (Å²) in [5.74, 6) is -8.63. The Morgan fingerprint density at radius 2 is 1.60 bits per heavy atom. The highest BCUT2D eigenvalue weighted by atomic mass is 16.7. The van der Waals surface area contributed by atoms with Crippen molar-refractivity contribution in [3.05, 3.63) is 33.9 Å². The van der Waals surface area contributed by atoms with Crippen molar-refractivity contribution < 1.29 is 58.4 Å². The van der Waals surface area contributed by atoms with Crippen molar-refractivity contribution >= 4 is 35.9 Å². The van der Waals surface area contributed by atoms with Crippen molar-refractivity contribution in [3.8, 4) is 5.75 Å². The van der Waals surface area contributed by atoms with Crippen LogP contribution in [0.25, 0.3) is 0 Å². The van der Waals surface area contributed by atoms with Gasteiger partial charge in [-0.1, -0.05) is 0 Å². The zero-order valence-electron chi connectivity index (χ0n) is 18.4. The maximum absolute atomic E-state index is 11.6. The Morgan fingerprint density at radius 1 is 1.03 bits per heavy atom. The molecule has 1 aliphatic heterocycles. The van der Waals surface area contributed by atoms with E-state index in [0.717, 1.165) is 19.1 Å². The molecule has 0 radical (unpaired) electrons. The van der Waals surface area contributed by atoms with E-state index in [1.165, 1.54) is 6.07 Å².